The van der Waals surface area contributed by atoms with Crippen LogP contribution >= 0.6 is 0 Å². The fourth-order valence-electron chi connectivity index (χ4n) is 7.87. The van der Waals surface area contributed by atoms with Crippen LogP contribution in [-0.4, -0.2) is 80.0 Å². The molecule has 0 radical (unpaired) electrons. The fraction of sp³-hybridized carbons (Fsp3) is 0.298. The average Bonchev–Trinajstić information content (AvgIpc) is 4.02. The predicted molar refractivity (Wildman–Crippen MR) is 230 cm³/mol. The molecule has 6 aromatic rings. The second-order valence-corrected chi connectivity index (χ2v) is 15.2. The molecule has 1 aliphatic heterocycles. The SMILES string of the molecule is COc1ccc(CN2CC([C@@H]3C[C@H]3C(=O)Nc3cc4cc(-c5cnccc5C)nc(N(Cc5ccc(OC)cc5OC)Cc5ccc(OC)cc5OC)c4cn3)OC2=O)cc1. The number of aryl methyl sites for hydroxylation is 1. The number of ether oxygens (including phenoxy) is 6. The minimum absolute atomic E-state index is 0.0836. The standard InChI is InChI=1S/C47H48N6O8/c1-28-15-16-48-22-38(28)40-17-32-18-44(51-46(54)37-21-36(37)43-27-53(47(55)61-43)24-29-7-11-33(56-2)12-8-29)49-23-39(32)45(50-40)52(25-30-9-13-34(57-3)19-41(30)59-5)26-31-10-14-35(58-4)20-42(31)60-6/h7-20,22-23,36-37,43H,21,24-27H2,1-6H3,(H,49,51,54)/t36-,37-,43?/m1/s1. The molecule has 2 fully saturated rings. The summed E-state index contributed by atoms with van der Waals surface area (Å²) in [4.78, 5) is 44.9. The molecule has 1 N–H and O–H groups in total. The summed E-state index contributed by atoms with van der Waals surface area (Å²) in [6.45, 7) is 3.64. The molecule has 2 amide bonds. The van der Waals surface area contributed by atoms with Crippen molar-refractivity contribution in [3.05, 3.63) is 120 Å². The third-order valence-corrected chi connectivity index (χ3v) is 11.4. The maximum atomic E-state index is 13.7. The van der Waals surface area contributed by atoms with Crippen molar-refractivity contribution < 1.29 is 38.0 Å². The Morgan fingerprint density at radius 3 is 2.10 bits per heavy atom. The number of carbonyl (C=O) groups excluding carboxylic acids is 2. The Labute approximate surface area is 354 Å². The number of cyclic esters (lactones) is 1. The van der Waals surface area contributed by atoms with Crippen molar-refractivity contribution in [1.82, 2.24) is 19.9 Å². The number of anilines is 2. The Kier molecular flexibility index (Phi) is 11.8. The highest BCUT2D eigenvalue weighted by molar-refractivity contribution is 5.99. The highest BCUT2D eigenvalue weighted by Crippen LogP contribution is 2.45. The number of benzene rings is 3. The van der Waals surface area contributed by atoms with Crippen LogP contribution in [-0.2, 0) is 29.2 Å². The lowest BCUT2D eigenvalue weighted by molar-refractivity contribution is -0.118. The summed E-state index contributed by atoms with van der Waals surface area (Å²) in [6, 6.07) is 24.9. The molecule has 3 aromatic heterocycles. The number of nitrogens with zero attached hydrogens (tertiary/aromatic N) is 5. The zero-order chi connectivity index (χ0) is 42.6. The van der Waals surface area contributed by atoms with E-state index in [-0.39, 0.29) is 29.9 Å². The number of methoxy groups -OCH3 is 5. The number of hydrogen-bond acceptors (Lipinski definition) is 12. The van der Waals surface area contributed by atoms with Gasteiger partial charge in [0.25, 0.3) is 0 Å². The molecule has 0 spiro atoms. The predicted octanol–water partition coefficient (Wildman–Crippen LogP) is 7.85. The van der Waals surface area contributed by atoms with E-state index in [1.54, 1.807) is 52.8 Å². The number of aromatic nitrogens is 3. The zero-order valence-corrected chi connectivity index (χ0v) is 35.0. The van der Waals surface area contributed by atoms with E-state index in [2.05, 4.69) is 15.2 Å². The average molecular weight is 825 g/mol. The maximum Gasteiger partial charge on any atom is 0.410 e. The molecule has 1 aliphatic carbocycles. The van der Waals surface area contributed by atoms with Gasteiger partial charge in [-0.1, -0.05) is 12.1 Å². The van der Waals surface area contributed by atoms with Crippen molar-refractivity contribution in [3.63, 3.8) is 0 Å². The number of fused-ring (bicyclic) bond motifs is 1. The molecule has 3 aromatic carbocycles. The van der Waals surface area contributed by atoms with Gasteiger partial charge in [-0.2, -0.15) is 0 Å². The quantitative estimate of drug-likeness (QED) is 0.101. The lowest BCUT2D eigenvalue weighted by Crippen LogP contribution is -2.26. The third-order valence-electron chi connectivity index (χ3n) is 11.4. The van der Waals surface area contributed by atoms with Gasteiger partial charge in [-0.05, 0) is 84.5 Å². The first-order chi connectivity index (χ1) is 29.7. The summed E-state index contributed by atoms with van der Waals surface area (Å²) >= 11 is 0. The smallest absolute Gasteiger partial charge is 0.410 e. The summed E-state index contributed by atoms with van der Waals surface area (Å²) in [5.41, 5.74) is 5.35. The van der Waals surface area contributed by atoms with Gasteiger partial charge in [-0.15, -0.1) is 0 Å². The number of amides is 2. The van der Waals surface area contributed by atoms with E-state index in [1.165, 1.54) is 0 Å². The summed E-state index contributed by atoms with van der Waals surface area (Å²) in [5.74, 6) is 3.91. The highest BCUT2D eigenvalue weighted by Gasteiger charge is 2.52. The van der Waals surface area contributed by atoms with Crippen LogP contribution in [0.25, 0.3) is 22.0 Å². The van der Waals surface area contributed by atoms with Crippen molar-refractivity contribution in [1.29, 1.82) is 0 Å². The molecule has 8 rings (SSSR count). The molecule has 14 nitrogen and oxygen atoms in total. The molecule has 14 heteroatoms. The van der Waals surface area contributed by atoms with E-state index < -0.39 is 0 Å². The van der Waals surface area contributed by atoms with Crippen LogP contribution in [0, 0.1) is 18.8 Å². The number of nitrogens with one attached hydrogen (secondary N) is 1. The molecular formula is C47H48N6O8. The number of carbonyl (C=O) groups is 2. The largest absolute Gasteiger partial charge is 0.497 e. The summed E-state index contributed by atoms with van der Waals surface area (Å²) in [6.07, 6.45) is 5.18. The van der Waals surface area contributed by atoms with E-state index in [4.69, 9.17) is 38.4 Å². The van der Waals surface area contributed by atoms with Crippen LogP contribution in [0.5, 0.6) is 28.7 Å². The van der Waals surface area contributed by atoms with Crippen LogP contribution in [0.1, 0.15) is 28.7 Å². The Balaban J connectivity index is 1.10. The maximum absolute atomic E-state index is 13.7. The Bertz CT molecular complexity index is 2510. The molecule has 3 atom stereocenters. The van der Waals surface area contributed by atoms with E-state index in [1.807, 2.05) is 92.0 Å². The van der Waals surface area contributed by atoms with Gasteiger partial charge < -0.3 is 43.5 Å². The van der Waals surface area contributed by atoms with Gasteiger partial charge in [0.05, 0.1) is 47.8 Å². The van der Waals surface area contributed by atoms with Crippen LogP contribution in [0.3, 0.4) is 0 Å². The zero-order valence-electron chi connectivity index (χ0n) is 35.0. The van der Waals surface area contributed by atoms with Gasteiger partial charge in [-0.25, -0.2) is 14.8 Å². The van der Waals surface area contributed by atoms with E-state index in [9.17, 15) is 9.59 Å². The lowest BCUT2D eigenvalue weighted by atomic mass is 10.0. The Morgan fingerprint density at radius 1 is 0.820 bits per heavy atom. The van der Waals surface area contributed by atoms with E-state index >= 15 is 0 Å². The molecule has 1 saturated heterocycles. The van der Waals surface area contributed by atoms with Crippen LogP contribution in [0.15, 0.2) is 97.5 Å². The first-order valence-corrected chi connectivity index (χ1v) is 20.0. The molecule has 2 aliphatic rings. The number of pyridine rings is 3. The van der Waals surface area contributed by atoms with Crippen molar-refractivity contribution in [2.75, 3.05) is 52.3 Å². The Morgan fingerprint density at radius 2 is 1.48 bits per heavy atom. The van der Waals surface area contributed by atoms with E-state index in [0.29, 0.717) is 72.9 Å². The first-order valence-electron chi connectivity index (χ1n) is 20.0. The Hall–Kier alpha value is -7.09. The first kappa shape index (κ1) is 40.7. The van der Waals surface area contributed by atoms with Crippen molar-refractivity contribution in [2.24, 2.45) is 11.8 Å². The fourth-order valence-corrected chi connectivity index (χ4v) is 7.87. The minimum Gasteiger partial charge on any atom is -0.497 e. The molecule has 61 heavy (non-hydrogen) atoms. The van der Waals surface area contributed by atoms with Gasteiger partial charge in [0.15, 0.2) is 0 Å². The number of rotatable bonds is 16. The molecule has 1 saturated carbocycles. The molecule has 0 bridgehead atoms. The van der Waals surface area contributed by atoms with Crippen molar-refractivity contribution in [3.8, 4) is 40.0 Å². The van der Waals surface area contributed by atoms with Crippen LogP contribution in [0.2, 0.25) is 0 Å². The molecule has 1 unspecified atom stereocenters. The molecular weight excluding hydrogens is 777 g/mol. The summed E-state index contributed by atoms with van der Waals surface area (Å²) < 4.78 is 33.7. The number of hydrogen-bond donors (Lipinski definition) is 1. The van der Waals surface area contributed by atoms with Crippen LogP contribution < -0.4 is 33.9 Å². The van der Waals surface area contributed by atoms with Crippen molar-refractivity contribution >= 4 is 34.4 Å². The topological polar surface area (TPSA) is 147 Å². The van der Waals surface area contributed by atoms with Gasteiger partial charge in [0, 0.05) is 84.3 Å². The normalized spacial score (nSPS) is 16.8. The van der Waals surface area contributed by atoms with Gasteiger partial charge in [0.1, 0.15) is 46.5 Å². The monoisotopic (exact) mass is 824 g/mol. The third kappa shape index (κ3) is 8.79. The summed E-state index contributed by atoms with van der Waals surface area (Å²) in [7, 11) is 8.13. The molecule has 4 heterocycles. The van der Waals surface area contributed by atoms with Gasteiger partial charge >= 0.3 is 6.09 Å². The van der Waals surface area contributed by atoms with Crippen molar-refractivity contribution in [2.45, 2.75) is 39.1 Å². The second kappa shape index (κ2) is 17.6. The lowest BCUT2D eigenvalue weighted by Gasteiger charge is -2.28. The van der Waals surface area contributed by atoms with Gasteiger partial charge in [0.2, 0.25) is 5.91 Å². The highest BCUT2D eigenvalue weighted by atomic mass is 16.6. The van der Waals surface area contributed by atoms with E-state index in [0.717, 1.165) is 44.3 Å². The second-order valence-electron chi connectivity index (χ2n) is 15.2. The minimum atomic E-state index is -0.378. The van der Waals surface area contributed by atoms with Gasteiger partial charge in [-0.3, -0.25) is 9.78 Å². The molecule has 314 valence electrons. The van der Waals surface area contributed by atoms with Crippen LogP contribution in [0.4, 0.5) is 16.4 Å². The summed E-state index contributed by atoms with van der Waals surface area (Å²) in [5, 5.41) is 4.63.